The molecule has 0 saturated carbocycles. The molecule has 0 unspecified atom stereocenters. The van der Waals surface area contributed by atoms with Crippen LogP contribution >= 0.6 is 24.2 Å². The van der Waals surface area contributed by atoms with E-state index < -0.39 is 0 Å². The molecule has 4 heteroatoms. The predicted molar refractivity (Wildman–Crippen MR) is 56.4 cm³/mol. The molecule has 13 heavy (non-hydrogen) atoms. The van der Waals surface area contributed by atoms with Crippen LogP contribution in [0.4, 0.5) is 0 Å². The third-order valence-corrected chi connectivity index (χ3v) is 2.92. The molecule has 0 amide bonds. The van der Waals surface area contributed by atoms with Crippen LogP contribution in [-0.4, -0.2) is 9.97 Å². The first kappa shape index (κ1) is 9.28. The highest BCUT2D eigenvalue weighted by atomic mass is 35.5. The molecule has 2 nitrogen and oxygen atoms in total. The highest BCUT2D eigenvalue weighted by Gasteiger charge is 2.15. The van der Waals surface area contributed by atoms with Crippen LogP contribution in [0.3, 0.4) is 0 Å². The number of rotatable bonds is 1. The lowest BCUT2D eigenvalue weighted by atomic mass is 9.97. The molecule has 0 spiro atoms. The molecule has 0 fully saturated rings. The standard InChI is InChI=1S/C9H11ClN2S/c10-9-6-3-1-2-4-7(6)11-8(5-13)12-9/h13H,1-5H2. The molecule has 1 aromatic heterocycles. The van der Waals surface area contributed by atoms with Crippen LogP contribution in [0.2, 0.25) is 5.15 Å². The third kappa shape index (κ3) is 1.81. The van der Waals surface area contributed by atoms with Gasteiger partial charge in [-0.25, -0.2) is 9.97 Å². The summed E-state index contributed by atoms with van der Waals surface area (Å²) < 4.78 is 0. The Bertz CT molecular complexity index is 328. The summed E-state index contributed by atoms with van der Waals surface area (Å²) >= 11 is 10.2. The van der Waals surface area contributed by atoms with Gasteiger partial charge < -0.3 is 0 Å². The molecule has 2 rings (SSSR count). The number of thiol groups is 1. The van der Waals surface area contributed by atoms with Crippen molar-refractivity contribution in [2.24, 2.45) is 0 Å². The van der Waals surface area contributed by atoms with Crippen molar-refractivity contribution >= 4 is 24.2 Å². The van der Waals surface area contributed by atoms with Crippen LogP contribution in [0.5, 0.6) is 0 Å². The smallest absolute Gasteiger partial charge is 0.139 e. The highest BCUT2D eigenvalue weighted by molar-refractivity contribution is 7.79. The fraction of sp³-hybridized carbons (Fsp3) is 0.556. The molecule has 0 aliphatic heterocycles. The van der Waals surface area contributed by atoms with Crippen molar-refractivity contribution in [2.45, 2.75) is 31.4 Å². The minimum atomic E-state index is 0.562. The zero-order chi connectivity index (χ0) is 9.26. The molecule has 0 atom stereocenters. The Kier molecular flexibility index (Phi) is 2.74. The molecule has 0 saturated heterocycles. The van der Waals surface area contributed by atoms with E-state index >= 15 is 0 Å². The van der Waals surface area contributed by atoms with Gasteiger partial charge in [0.05, 0.1) is 5.75 Å². The summed E-state index contributed by atoms with van der Waals surface area (Å²) in [7, 11) is 0. The number of halogens is 1. The van der Waals surface area contributed by atoms with Gasteiger partial charge in [-0.1, -0.05) is 11.6 Å². The maximum absolute atomic E-state index is 6.04. The average molecular weight is 215 g/mol. The van der Waals surface area contributed by atoms with Gasteiger partial charge in [-0.3, -0.25) is 0 Å². The van der Waals surface area contributed by atoms with Crippen molar-refractivity contribution in [2.75, 3.05) is 0 Å². The van der Waals surface area contributed by atoms with Gasteiger partial charge in [0.25, 0.3) is 0 Å². The Morgan fingerprint density at radius 3 is 2.77 bits per heavy atom. The van der Waals surface area contributed by atoms with Crippen LogP contribution in [0.1, 0.15) is 29.9 Å². The fourth-order valence-corrected chi connectivity index (χ4v) is 2.11. The van der Waals surface area contributed by atoms with Crippen molar-refractivity contribution in [1.29, 1.82) is 0 Å². The Balaban J connectivity index is 2.47. The van der Waals surface area contributed by atoms with E-state index in [2.05, 4.69) is 22.6 Å². The lowest BCUT2D eigenvalue weighted by Gasteiger charge is -2.15. The summed E-state index contributed by atoms with van der Waals surface area (Å²) in [4.78, 5) is 8.60. The quantitative estimate of drug-likeness (QED) is 0.574. The predicted octanol–water partition coefficient (Wildman–Crippen LogP) is 2.44. The third-order valence-electron chi connectivity index (χ3n) is 2.32. The molecule has 0 radical (unpaired) electrons. The van der Waals surface area contributed by atoms with Gasteiger partial charge >= 0.3 is 0 Å². The highest BCUT2D eigenvalue weighted by Crippen LogP contribution is 2.25. The zero-order valence-corrected chi connectivity index (χ0v) is 8.91. The topological polar surface area (TPSA) is 25.8 Å². The SMILES string of the molecule is SCc1nc(Cl)c2c(n1)CCCC2. The summed E-state index contributed by atoms with van der Waals surface area (Å²) in [6.45, 7) is 0. The molecule has 1 heterocycles. The van der Waals surface area contributed by atoms with Gasteiger partial charge in [0.15, 0.2) is 0 Å². The molecular weight excluding hydrogens is 204 g/mol. The van der Waals surface area contributed by atoms with E-state index in [4.69, 9.17) is 11.6 Å². The number of hydrogen-bond donors (Lipinski definition) is 1. The van der Waals surface area contributed by atoms with E-state index in [1.165, 1.54) is 12.8 Å². The Labute approximate surface area is 88.1 Å². The van der Waals surface area contributed by atoms with Crippen LogP contribution < -0.4 is 0 Å². The number of nitrogens with zero attached hydrogens (tertiary/aromatic N) is 2. The molecule has 0 N–H and O–H groups in total. The van der Waals surface area contributed by atoms with E-state index in [9.17, 15) is 0 Å². The second-order valence-corrected chi connectivity index (χ2v) is 3.90. The first-order valence-corrected chi connectivity index (χ1v) is 5.47. The minimum Gasteiger partial charge on any atom is -0.237 e. The van der Waals surface area contributed by atoms with E-state index in [-0.39, 0.29) is 0 Å². The van der Waals surface area contributed by atoms with Crippen molar-refractivity contribution in [3.63, 3.8) is 0 Å². The minimum absolute atomic E-state index is 0.562. The molecule has 1 aliphatic rings. The summed E-state index contributed by atoms with van der Waals surface area (Å²) in [6.07, 6.45) is 4.49. The van der Waals surface area contributed by atoms with Crippen LogP contribution in [0.15, 0.2) is 0 Å². The number of fused-ring (bicyclic) bond motifs is 1. The van der Waals surface area contributed by atoms with Crippen molar-refractivity contribution in [1.82, 2.24) is 9.97 Å². The average Bonchev–Trinajstić information content (AvgIpc) is 2.18. The van der Waals surface area contributed by atoms with Gasteiger partial charge in [-0.05, 0) is 25.7 Å². The molecule has 1 aromatic rings. The fourth-order valence-electron chi connectivity index (χ4n) is 1.67. The Hall–Kier alpha value is -0.280. The Morgan fingerprint density at radius 2 is 2.00 bits per heavy atom. The number of aromatic nitrogens is 2. The number of hydrogen-bond acceptors (Lipinski definition) is 3. The van der Waals surface area contributed by atoms with E-state index in [1.54, 1.807) is 0 Å². The van der Waals surface area contributed by atoms with E-state index in [1.807, 2.05) is 0 Å². The monoisotopic (exact) mass is 214 g/mol. The first-order valence-electron chi connectivity index (χ1n) is 4.46. The Morgan fingerprint density at radius 1 is 1.23 bits per heavy atom. The van der Waals surface area contributed by atoms with Gasteiger partial charge in [-0.2, -0.15) is 12.6 Å². The molecule has 70 valence electrons. The van der Waals surface area contributed by atoms with Crippen molar-refractivity contribution < 1.29 is 0 Å². The first-order chi connectivity index (χ1) is 6.31. The van der Waals surface area contributed by atoms with E-state index in [0.29, 0.717) is 10.9 Å². The molecule has 0 aromatic carbocycles. The zero-order valence-electron chi connectivity index (χ0n) is 7.26. The lowest BCUT2D eigenvalue weighted by Crippen LogP contribution is -2.09. The van der Waals surface area contributed by atoms with Gasteiger partial charge in [-0.15, -0.1) is 0 Å². The van der Waals surface area contributed by atoms with Crippen LogP contribution in [-0.2, 0) is 18.6 Å². The largest absolute Gasteiger partial charge is 0.237 e. The second-order valence-electron chi connectivity index (χ2n) is 3.22. The molecule has 0 bridgehead atoms. The maximum atomic E-state index is 6.04. The van der Waals surface area contributed by atoms with Crippen LogP contribution in [0.25, 0.3) is 0 Å². The summed E-state index contributed by atoms with van der Waals surface area (Å²) in [6, 6.07) is 0. The van der Waals surface area contributed by atoms with Gasteiger partial charge in [0.1, 0.15) is 11.0 Å². The maximum Gasteiger partial charge on any atom is 0.139 e. The van der Waals surface area contributed by atoms with Crippen molar-refractivity contribution in [3.05, 3.63) is 22.2 Å². The molecule has 1 aliphatic carbocycles. The molecular formula is C9H11ClN2S. The summed E-state index contributed by atoms with van der Waals surface area (Å²) in [5, 5.41) is 0.633. The lowest BCUT2D eigenvalue weighted by molar-refractivity contribution is 0.658. The van der Waals surface area contributed by atoms with Crippen molar-refractivity contribution in [3.8, 4) is 0 Å². The number of aryl methyl sites for hydroxylation is 1. The second kappa shape index (κ2) is 3.84. The van der Waals surface area contributed by atoms with Gasteiger partial charge in [0, 0.05) is 11.3 Å². The van der Waals surface area contributed by atoms with E-state index in [0.717, 1.165) is 29.9 Å². The normalized spacial score (nSPS) is 15.5. The summed E-state index contributed by atoms with van der Waals surface area (Å²) in [5.41, 5.74) is 2.29. The summed E-state index contributed by atoms with van der Waals surface area (Å²) in [5.74, 6) is 1.31. The van der Waals surface area contributed by atoms with Gasteiger partial charge in [0.2, 0.25) is 0 Å². The van der Waals surface area contributed by atoms with Crippen LogP contribution in [0, 0.1) is 0 Å².